The van der Waals surface area contributed by atoms with Crippen molar-refractivity contribution in [3.63, 3.8) is 0 Å². The maximum Gasteiger partial charge on any atom is 0.216 e. The van der Waals surface area contributed by atoms with Gasteiger partial charge in [0.05, 0.1) is 5.58 Å². The molecule has 4 nitrogen and oxygen atoms in total. The molecule has 0 saturated heterocycles. The van der Waals surface area contributed by atoms with E-state index in [1.165, 1.54) is 6.07 Å². The van der Waals surface area contributed by atoms with Crippen LogP contribution in [0.15, 0.2) is 120 Å². The van der Waals surface area contributed by atoms with Crippen LogP contribution < -0.4 is 0 Å². The first-order valence-corrected chi connectivity index (χ1v) is 15.5. The normalized spacial score (nSPS) is 14.6. The van der Waals surface area contributed by atoms with Crippen LogP contribution in [0.25, 0.3) is 44.6 Å². The summed E-state index contributed by atoms with van der Waals surface area (Å²) in [5.41, 5.74) is 3.69. The van der Waals surface area contributed by atoms with E-state index in [0.717, 1.165) is 22.2 Å². The molecule has 0 bridgehead atoms. The van der Waals surface area contributed by atoms with Crippen molar-refractivity contribution in [2.45, 2.75) is 59.6 Å². The molecule has 3 aromatic carbocycles. The van der Waals surface area contributed by atoms with Crippen molar-refractivity contribution in [1.82, 2.24) is 15.0 Å². The summed E-state index contributed by atoms with van der Waals surface area (Å²) < 4.78 is 64.7. The fourth-order valence-corrected chi connectivity index (χ4v) is 5.37. The first kappa shape index (κ1) is 26.5. The minimum Gasteiger partial charge on any atom is -0.486 e. The molecule has 0 unspecified atom stereocenters. The molecule has 48 heavy (non-hydrogen) atoms. The number of aromatic nitrogens is 3. The van der Waals surface area contributed by atoms with Crippen molar-refractivity contribution < 1.29 is 34.1 Å². The SMILES string of the molecule is [2H]C([2H])([2H])c1ccc2c(n1)oc1c(-c3cc(C([2H])([2H])C(C)(C)c4ccc(C([2H])([2H])C(C)(C)C)cc4)ccn3)[c-]ccc12.[Ir].[c-]1ccccc1-c1ccccn1. The summed E-state index contributed by atoms with van der Waals surface area (Å²) in [5.74, 6) is 0. The minimum absolute atomic E-state index is 0. The van der Waals surface area contributed by atoms with Crippen LogP contribution in [0.4, 0.5) is 0 Å². The molecule has 1 radical (unpaired) electrons. The van der Waals surface area contributed by atoms with Crippen LogP contribution in [-0.4, -0.2) is 15.0 Å². The molecule has 4 heterocycles. The van der Waals surface area contributed by atoms with Crippen molar-refractivity contribution in [2.75, 3.05) is 0 Å². The fraction of sp³-hybridized carbons (Fsp3) is 0.233. The number of hydrogen-bond donors (Lipinski definition) is 0. The van der Waals surface area contributed by atoms with E-state index >= 15 is 0 Å². The summed E-state index contributed by atoms with van der Waals surface area (Å²) in [7, 11) is 0. The Kier molecular flexibility index (Phi) is 8.15. The smallest absolute Gasteiger partial charge is 0.216 e. The van der Waals surface area contributed by atoms with Gasteiger partial charge in [0.2, 0.25) is 5.71 Å². The van der Waals surface area contributed by atoms with Crippen LogP contribution in [0.3, 0.4) is 0 Å². The van der Waals surface area contributed by atoms with Crippen LogP contribution >= 0.6 is 0 Å². The van der Waals surface area contributed by atoms with Crippen molar-refractivity contribution in [1.29, 1.82) is 0 Å². The Hall–Kier alpha value is -4.44. The number of fused-ring (bicyclic) bond motifs is 3. The maximum atomic E-state index is 9.24. The van der Waals surface area contributed by atoms with Crippen LogP contribution in [0, 0.1) is 24.4 Å². The molecule has 0 atom stereocenters. The average molecular weight is 815 g/mol. The van der Waals surface area contributed by atoms with E-state index in [2.05, 4.69) is 27.1 Å². The van der Waals surface area contributed by atoms with Crippen LogP contribution in [0.5, 0.6) is 0 Å². The van der Waals surface area contributed by atoms with Gasteiger partial charge in [-0.15, -0.1) is 54.1 Å². The molecule has 0 aliphatic heterocycles. The summed E-state index contributed by atoms with van der Waals surface area (Å²) in [6, 6.07) is 37.1. The van der Waals surface area contributed by atoms with Crippen LogP contribution in [0.2, 0.25) is 0 Å². The summed E-state index contributed by atoms with van der Waals surface area (Å²) in [4.78, 5) is 13.0. The van der Waals surface area contributed by atoms with Gasteiger partial charge in [-0.25, -0.2) is 4.98 Å². The molecule has 0 N–H and O–H groups in total. The number of rotatable bonds is 6. The predicted molar refractivity (Wildman–Crippen MR) is 193 cm³/mol. The van der Waals surface area contributed by atoms with E-state index in [4.69, 9.17) is 11.3 Å². The first-order valence-electron chi connectivity index (χ1n) is 19.0. The third-order valence-corrected chi connectivity index (χ3v) is 7.55. The summed E-state index contributed by atoms with van der Waals surface area (Å²) in [5, 5.41) is 1.40. The van der Waals surface area contributed by atoms with Crippen molar-refractivity contribution in [3.8, 4) is 22.5 Å². The molecule has 0 aliphatic rings. The van der Waals surface area contributed by atoms with E-state index in [9.17, 15) is 2.74 Å². The predicted octanol–water partition coefficient (Wildman–Crippen LogP) is 10.8. The van der Waals surface area contributed by atoms with Gasteiger partial charge >= 0.3 is 0 Å². The Labute approximate surface area is 307 Å². The molecular formula is C43H41IrN3O-2. The quantitative estimate of drug-likeness (QED) is 0.157. The van der Waals surface area contributed by atoms with Crippen molar-refractivity contribution in [2.24, 2.45) is 5.41 Å². The molecule has 7 rings (SSSR count). The second-order valence-corrected chi connectivity index (χ2v) is 12.9. The zero-order valence-corrected chi connectivity index (χ0v) is 29.9. The third kappa shape index (κ3) is 8.34. The summed E-state index contributed by atoms with van der Waals surface area (Å²) in [6.45, 7) is 6.88. The second kappa shape index (κ2) is 14.8. The molecule has 0 saturated carbocycles. The Morgan fingerprint density at radius 1 is 0.729 bits per heavy atom. The van der Waals surface area contributed by atoms with E-state index in [-0.39, 0.29) is 31.5 Å². The zero-order chi connectivity index (χ0) is 39.1. The number of pyridine rings is 3. The number of nitrogens with zero attached hydrogens (tertiary/aromatic N) is 3. The van der Waals surface area contributed by atoms with E-state index in [1.807, 2.05) is 95.3 Å². The standard InChI is InChI=1S/C32H33N2O.C11H8N.Ir/c1-21-10-15-26-25-8-7-9-27(29(25)35-30(26)34-21)28-18-23(16-17-33-28)20-32(5,6)24-13-11-22(12-14-24)19-31(2,3)4;1-2-6-10(7-3-1)11-8-4-5-9-12-11;/h7-8,10-18H,19-20H2,1-6H3;1-6,8-9H;/q2*-1;/i1D3,19D2,20D2;;. The Morgan fingerprint density at radius 3 is 2.23 bits per heavy atom. The molecular weight excluding hydrogens is 767 g/mol. The van der Waals surface area contributed by atoms with Gasteiger partial charge in [-0.1, -0.05) is 93.6 Å². The topological polar surface area (TPSA) is 51.8 Å². The molecule has 4 aromatic heterocycles. The monoisotopic (exact) mass is 815 g/mol. The Morgan fingerprint density at radius 2 is 1.52 bits per heavy atom. The maximum absolute atomic E-state index is 9.24. The van der Waals surface area contributed by atoms with E-state index < -0.39 is 30.4 Å². The zero-order valence-electron chi connectivity index (χ0n) is 34.6. The van der Waals surface area contributed by atoms with E-state index in [0.29, 0.717) is 33.4 Å². The van der Waals surface area contributed by atoms with E-state index in [1.54, 1.807) is 48.8 Å². The van der Waals surface area contributed by atoms with Gasteiger partial charge in [0.25, 0.3) is 0 Å². The third-order valence-electron chi connectivity index (χ3n) is 7.55. The Balaban J connectivity index is 0.000000378. The van der Waals surface area contributed by atoms with Crippen LogP contribution in [-0.2, 0) is 38.3 Å². The van der Waals surface area contributed by atoms with Crippen molar-refractivity contribution in [3.05, 3.63) is 150 Å². The van der Waals surface area contributed by atoms with Crippen LogP contribution in [0.1, 0.15) is 66.6 Å². The summed E-state index contributed by atoms with van der Waals surface area (Å²) >= 11 is 0. The van der Waals surface area contributed by atoms with Crippen molar-refractivity contribution >= 4 is 22.1 Å². The van der Waals surface area contributed by atoms with Gasteiger partial charge in [0.15, 0.2) is 0 Å². The molecule has 5 heteroatoms. The second-order valence-electron chi connectivity index (χ2n) is 12.9. The van der Waals surface area contributed by atoms with Gasteiger partial charge in [-0.3, -0.25) is 0 Å². The van der Waals surface area contributed by atoms with Gasteiger partial charge < -0.3 is 14.4 Å². The van der Waals surface area contributed by atoms with Gasteiger partial charge in [0, 0.05) is 53.2 Å². The molecule has 0 spiro atoms. The molecule has 0 aliphatic carbocycles. The van der Waals surface area contributed by atoms with Gasteiger partial charge in [0.1, 0.15) is 0 Å². The number of furan rings is 1. The van der Waals surface area contributed by atoms with Gasteiger partial charge in [-0.05, 0) is 77.2 Å². The van der Waals surface area contributed by atoms with Gasteiger partial charge in [-0.2, -0.15) is 0 Å². The summed E-state index contributed by atoms with van der Waals surface area (Å²) in [6.07, 6.45) is -0.0457. The Bertz CT molecular complexity index is 2350. The molecule has 7 aromatic rings. The molecule has 0 amide bonds. The largest absolute Gasteiger partial charge is 0.486 e. The molecule has 245 valence electrons. The first-order chi connectivity index (χ1) is 25.3. The average Bonchev–Trinajstić information content (AvgIpc) is 3.53. The fourth-order valence-electron chi connectivity index (χ4n) is 5.37. The number of aryl methyl sites for hydroxylation is 1. The minimum atomic E-state index is -2.37. The number of benzene rings is 3. The number of hydrogen-bond acceptors (Lipinski definition) is 4. The molecule has 0 fully saturated rings.